The maximum absolute atomic E-state index is 5.03. The van der Waals surface area contributed by atoms with Gasteiger partial charge in [0.2, 0.25) is 0 Å². The fourth-order valence-electron chi connectivity index (χ4n) is 6.23. The smallest absolute Gasteiger partial charge is 0.164 e. The molecule has 0 atom stereocenters. The normalized spacial score (nSPS) is 11.8. The molecule has 42 heavy (non-hydrogen) atoms. The molecule has 5 heteroatoms. The molecule has 0 amide bonds. The molecular formula is C37H23N5. The van der Waals surface area contributed by atoms with Crippen LogP contribution < -0.4 is 0 Å². The maximum Gasteiger partial charge on any atom is 0.164 e. The zero-order valence-electron chi connectivity index (χ0n) is 22.5. The highest BCUT2D eigenvalue weighted by molar-refractivity contribution is 6.13. The summed E-state index contributed by atoms with van der Waals surface area (Å²) in [6.07, 6.45) is 4.35. The van der Waals surface area contributed by atoms with Gasteiger partial charge in [-0.05, 0) is 30.3 Å². The topological polar surface area (TPSA) is 47.5 Å². The Kier molecular flexibility index (Phi) is 4.83. The molecule has 0 bridgehead atoms. The molecule has 9 rings (SSSR count). The number of hydrogen-bond donors (Lipinski definition) is 0. The fraction of sp³-hybridized carbons (Fsp3) is 0. The van der Waals surface area contributed by atoms with Crippen LogP contribution in [0.2, 0.25) is 0 Å². The van der Waals surface area contributed by atoms with E-state index in [0.29, 0.717) is 17.5 Å². The molecule has 5 aromatic carbocycles. The highest BCUT2D eigenvalue weighted by atomic mass is 15.0. The molecule has 0 unspecified atom stereocenters. The third-order valence-electron chi connectivity index (χ3n) is 8.15. The quantitative estimate of drug-likeness (QED) is 0.226. The second kappa shape index (κ2) is 8.85. The molecule has 5 nitrogen and oxygen atoms in total. The van der Waals surface area contributed by atoms with Crippen molar-refractivity contribution in [2.24, 2.45) is 0 Å². The second-order valence-corrected chi connectivity index (χ2v) is 10.6. The van der Waals surface area contributed by atoms with Crippen molar-refractivity contribution in [1.29, 1.82) is 0 Å². The zero-order valence-corrected chi connectivity index (χ0v) is 22.5. The summed E-state index contributed by atoms with van der Waals surface area (Å²) in [4.78, 5) is 14.9. The van der Waals surface area contributed by atoms with E-state index < -0.39 is 0 Å². The molecule has 0 saturated carbocycles. The molecule has 0 saturated heterocycles. The van der Waals surface area contributed by atoms with Gasteiger partial charge in [0.25, 0.3) is 0 Å². The molecule has 4 heterocycles. The minimum atomic E-state index is 0.646. The summed E-state index contributed by atoms with van der Waals surface area (Å²) in [5.74, 6) is 1.96. The number of aromatic nitrogens is 5. The molecule has 0 aliphatic carbocycles. The Bertz CT molecular complexity index is 2400. The molecule has 0 radical (unpaired) electrons. The summed E-state index contributed by atoms with van der Waals surface area (Å²) < 4.78 is 4.63. The Morgan fingerprint density at radius 1 is 0.381 bits per heavy atom. The van der Waals surface area contributed by atoms with Crippen molar-refractivity contribution in [3.05, 3.63) is 140 Å². The summed E-state index contributed by atoms with van der Waals surface area (Å²) >= 11 is 0. The number of fused-ring (bicyclic) bond motifs is 4. The minimum absolute atomic E-state index is 0.646. The maximum atomic E-state index is 5.03. The SMILES string of the molecule is c1ccc(-c2nc(-c3ccccc3)nc(-c3cc4ccn5c6ccccc6c6cccc7ccn(c(c3)c45)c76)n2)cc1. The van der Waals surface area contributed by atoms with E-state index in [4.69, 9.17) is 15.0 Å². The summed E-state index contributed by atoms with van der Waals surface area (Å²) in [7, 11) is 0. The minimum Gasteiger partial charge on any atom is -0.314 e. The summed E-state index contributed by atoms with van der Waals surface area (Å²) in [6.45, 7) is 0. The Labute approximate surface area is 241 Å². The predicted molar refractivity (Wildman–Crippen MR) is 171 cm³/mol. The van der Waals surface area contributed by atoms with E-state index in [2.05, 4.69) is 87.9 Å². The summed E-state index contributed by atoms with van der Waals surface area (Å²) in [5.41, 5.74) is 7.46. The Morgan fingerprint density at radius 2 is 0.952 bits per heavy atom. The molecule has 4 aromatic heterocycles. The average molecular weight is 538 g/mol. The molecule has 0 N–H and O–H groups in total. The van der Waals surface area contributed by atoms with Gasteiger partial charge in [0.05, 0.1) is 22.1 Å². The van der Waals surface area contributed by atoms with E-state index in [1.165, 1.54) is 27.2 Å². The number of para-hydroxylation sites is 2. The van der Waals surface area contributed by atoms with Crippen LogP contribution in [-0.2, 0) is 0 Å². The van der Waals surface area contributed by atoms with Gasteiger partial charge in [-0.1, -0.05) is 97.1 Å². The first kappa shape index (κ1) is 22.9. The van der Waals surface area contributed by atoms with Crippen LogP contribution in [0.1, 0.15) is 0 Å². The zero-order chi connectivity index (χ0) is 27.6. The van der Waals surface area contributed by atoms with Gasteiger partial charge in [0.1, 0.15) is 0 Å². The average Bonchev–Trinajstić information content (AvgIpc) is 3.69. The monoisotopic (exact) mass is 537 g/mol. The fourth-order valence-corrected chi connectivity index (χ4v) is 6.23. The molecular weight excluding hydrogens is 514 g/mol. The van der Waals surface area contributed by atoms with Crippen LogP contribution in [0.15, 0.2) is 140 Å². The van der Waals surface area contributed by atoms with Gasteiger partial charge in [-0.2, -0.15) is 0 Å². The van der Waals surface area contributed by atoms with Gasteiger partial charge in [0.15, 0.2) is 17.5 Å². The standard InChI is InChI=1S/C37H23N5/c1-3-10-25(11-4-1)35-38-36(26-12-5-2-6-13-26)40-37(39-35)28-22-27-19-21-41-31-17-8-7-15-29(31)30-16-9-14-24-18-20-42(33(24)30)32(23-28)34(27)41/h1-23H. The van der Waals surface area contributed by atoms with Crippen molar-refractivity contribution in [3.8, 4) is 34.2 Å². The van der Waals surface area contributed by atoms with Crippen LogP contribution in [0.4, 0.5) is 0 Å². The lowest BCUT2D eigenvalue weighted by molar-refractivity contribution is 1.07. The Morgan fingerprint density at radius 3 is 1.67 bits per heavy atom. The van der Waals surface area contributed by atoms with Gasteiger partial charge in [-0.15, -0.1) is 0 Å². The number of nitrogens with zero attached hydrogens (tertiary/aromatic N) is 5. The van der Waals surface area contributed by atoms with Crippen LogP contribution in [-0.4, -0.2) is 23.8 Å². The van der Waals surface area contributed by atoms with E-state index in [0.717, 1.165) is 33.1 Å². The number of hydrogen-bond acceptors (Lipinski definition) is 3. The Balaban J connectivity index is 1.41. The first-order valence-electron chi connectivity index (χ1n) is 14.0. The van der Waals surface area contributed by atoms with Crippen LogP contribution >= 0.6 is 0 Å². The van der Waals surface area contributed by atoms with Gasteiger partial charge in [-0.25, -0.2) is 15.0 Å². The Hall–Kier alpha value is -5.81. The van der Waals surface area contributed by atoms with Gasteiger partial charge in [-0.3, -0.25) is 0 Å². The lowest BCUT2D eigenvalue weighted by atomic mass is 10.1. The molecule has 0 fully saturated rings. The number of rotatable bonds is 3. The van der Waals surface area contributed by atoms with Gasteiger partial charge < -0.3 is 8.80 Å². The van der Waals surface area contributed by atoms with E-state index >= 15 is 0 Å². The summed E-state index contributed by atoms with van der Waals surface area (Å²) in [5, 5.41) is 4.76. The van der Waals surface area contributed by atoms with Crippen molar-refractivity contribution in [2.75, 3.05) is 0 Å². The first-order chi connectivity index (χ1) is 20.8. The van der Waals surface area contributed by atoms with Crippen molar-refractivity contribution < 1.29 is 0 Å². The van der Waals surface area contributed by atoms with E-state index in [1.54, 1.807) is 0 Å². The van der Waals surface area contributed by atoms with Crippen molar-refractivity contribution >= 4 is 43.6 Å². The summed E-state index contributed by atoms with van der Waals surface area (Å²) in [6, 6.07) is 44.2. The third kappa shape index (κ3) is 3.40. The lowest BCUT2D eigenvalue weighted by Crippen LogP contribution is -2.00. The van der Waals surface area contributed by atoms with E-state index in [1.807, 2.05) is 60.7 Å². The highest BCUT2D eigenvalue weighted by Gasteiger charge is 2.17. The molecule has 0 aliphatic rings. The van der Waals surface area contributed by atoms with Crippen molar-refractivity contribution in [3.63, 3.8) is 0 Å². The molecule has 196 valence electrons. The third-order valence-corrected chi connectivity index (χ3v) is 8.15. The highest BCUT2D eigenvalue weighted by Crippen LogP contribution is 2.35. The first-order valence-corrected chi connectivity index (χ1v) is 14.0. The van der Waals surface area contributed by atoms with Gasteiger partial charge in [0, 0.05) is 50.6 Å². The molecule has 9 aromatic rings. The van der Waals surface area contributed by atoms with Crippen LogP contribution in [0.5, 0.6) is 0 Å². The van der Waals surface area contributed by atoms with E-state index in [9.17, 15) is 0 Å². The van der Waals surface area contributed by atoms with E-state index in [-0.39, 0.29) is 0 Å². The largest absolute Gasteiger partial charge is 0.314 e. The van der Waals surface area contributed by atoms with Gasteiger partial charge >= 0.3 is 0 Å². The van der Waals surface area contributed by atoms with Crippen molar-refractivity contribution in [2.45, 2.75) is 0 Å². The molecule has 0 spiro atoms. The van der Waals surface area contributed by atoms with Crippen LogP contribution in [0.25, 0.3) is 77.8 Å². The lowest BCUT2D eigenvalue weighted by Gasteiger charge is -2.12. The predicted octanol–water partition coefficient (Wildman–Crippen LogP) is 8.84. The second-order valence-electron chi connectivity index (χ2n) is 10.6. The molecule has 0 aliphatic heterocycles. The number of benzene rings is 5. The van der Waals surface area contributed by atoms with Crippen molar-refractivity contribution in [1.82, 2.24) is 23.8 Å². The van der Waals surface area contributed by atoms with Crippen LogP contribution in [0, 0.1) is 0 Å². The van der Waals surface area contributed by atoms with Crippen LogP contribution in [0.3, 0.4) is 0 Å².